The zero-order valence-electron chi connectivity index (χ0n) is 19.1. The van der Waals surface area contributed by atoms with Gasteiger partial charge in [-0.1, -0.05) is 57.9 Å². The molecule has 0 spiro atoms. The van der Waals surface area contributed by atoms with E-state index in [0.29, 0.717) is 17.0 Å². The zero-order valence-corrected chi connectivity index (χ0v) is 19.1. The molecule has 1 unspecified atom stereocenters. The van der Waals surface area contributed by atoms with E-state index in [4.69, 9.17) is 4.74 Å². The Morgan fingerprint density at radius 3 is 2.16 bits per heavy atom. The Morgan fingerprint density at radius 2 is 1.55 bits per heavy atom. The van der Waals surface area contributed by atoms with E-state index < -0.39 is 6.10 Å². The van der Waals surface area contributed by atoms with Gasteiger partial charge in [0.05, 0.1) is 11.3 Å². The Bertz CT molecular complexity index is 892. The number of nitrogens with one attached hydrogen (secondary N) is 1. The Labute approximate surface area is 185 Å². The van der Waals surface area contributed by atoms with Crippen molar-refractivity contribution in [1.29, 1.82) is 0 Å². The second-order valence-electron chi connectivity index (χ2n) is 9.28. The summed E-state index contributed by atoms with van der Waals surface area (Å²) in [5, 5.41) is 2.89. The number of carbonyl (C=O) groups excluding carboxylic acids is 2. The third kappa shape index (κ3) is 6.09. The van der Waals surface area contributed by atoms with Gasteiger partial charge in [-0.25, -0.2) is 0 Å². The summed E-state index contributed by atoms with van der Waals surface area (Å²) in [5.74, 6) is 0.338. The van der Waals surface area contributed by atoms with Crippen LogP contribution in [0.5, 0.6) is 5.75 Å². The van der Waals surface area contributed by atoms with Gasteiger partial charge in [-0.15, -0.1) is 0 Å². The number of anilines is 1. The van der Waals surface area contributed by atoms with Crippen LogP contribution in [0.4, 0.5) is 5.69 Å². The Kier molecular flexibility index (Phi) is 7.37. The number of likely N-dealkylation sites (tertiary alicyclic amines) is 1. The molecule has 31 heavy (non-hydrogen) atoms. The fourth-order valence-corrected chi connectivity index (χ4v) is 3.75. The molecular formula is C26H34N2O3. The molecule has 1 fully saturated rings. The molecule has 1 aliphatic rings. The lowest BCUT2D eigenvalue weighted by atomic mass is 9.87. The van der Waals surface area contributed by atoms with Gasteiger partial charge in [0.25, 0.3) is 11.8 Å². The molecule has 2 aromatic rings. The molecule has 1 heterocycles. The number of hydrogen-bond acceptors (Lipinski definition) is 3. The molecule has 2 amide bonds. The van der Waals surface area contributed by atoms with Crippen LogP contribution in [0.2, 0.25) is 0 Å². The molecule has 5 heteroatoms. The maximum absolute atomic E-state index is 13.1. The summed E-state index contributed by atoms with van der Waals surface area (Å²) in [6, 6.07) is 15.0. The highest BCUT2D eigenvalue weighted by molar-refractivity contribution is 6.04. The van der Waals surface area contributed by atoms with Crippen LogP contribution in [0.25, 0.3) is 0 Å². The third-order valence-corrected chi connectivity index (χ3v) is 5.71. The lowest BCUT2D eigenvalue weighted by Crippen LogP contribution is -2.34. The van der Waals surface area contributed by atoms with Gasteiger partial charge in [0.2, 0.25) is 0 Å². The largest absolute Gasteiger partial charge is 0.481 e. The summed E-state index contributed by atoms with van der Waals surface area (Å²) in [6.45, 7) is 9.72. The highest BCUT2D eigenvalue weighted by Gasteiger charge is 2.22. The van der Waals surface area contributed by atoms with Crippen LogP contribution < -0.4 is 10.1 Å². The lowest BCUT2D eigenvalue weighted by molar-refractivity contribution is -0.122. The molecule has 5 nitrogen and oxygen atoms in total. The minimum absolute atomic E-state index is 0.0239. The lowest BCUT2D eigenvalue weighted by Gasteiger charge is -2.22. The summed E-state index contributed by atoms with van der Waals surface area (Å²) in [5.41, 5.74) is 2.32. The molecule has 1 saturated heterocycles. The fraction of sp³-hybridized carbons (Fsp3) is 0.462. The maximum Gasteiger partial charge on any atom is 0.265 e. The van der Waals surface area contributed by atoms with Crippen molar-refractivity contribution >= 4 is 17.5 Å². The van der Waals surface area contributed by atoms with Crippen molar-refractivity contribution in [2.24, 2.45) is 0 Å². The van der Waals surface area contributed by atoms with Gasteiger partial charge in [-0.05, 0) is 55.0 Å². The maximum atomic E-state index is 13.1. The Balaban J connectivity index is 1.66. The number of ether oxygens (including phenoxy) is 1. The first-order valence-corrected chi connectivity index (χ1v) is 11.2. The van der Waals surface area contributed by atoms with E-state index in [2.05, 4.69) is 26.1 Å². The van der Waals surface area contributed by atoms with Gasteiger partial charge in [-0.3, -0.25) is 9.59 Å². The molecule has 1 N–H and O–H groups in total. The molecule has 1 aliphatic heterocycles. The first kappa shape index (κ1) is 22.9. The predicted molar refractivity (Wildman–Crippen MR) is 125 cm³/mol. The standard InChI is InChI=1S/C26H34N2O3/c1-19(31-21-15-13-20(14-16-21)26(2,3)4)24(29)27-23-12-8-7-11-22(23)25(30)28-17-9-5-6-10-18-28/h7-8,11-16,19H,5-6,9-10,17-18H2,1-4H3,(H,27,29). The summed E-state index contributed by atoms with van der Waals surface area (Å²) >= 11 is 0. The summed E-state index contributed by atoms with van der Waals surface area (Å²) in [7, 11) is 0. The number of rotatable bonds is 5. The van der Waals surface area contributed by atoms with Crippen LogP contribution >= 0.6 is 0 Å². The molecule has 166 valence electrons. The van der Waals surface area contributed by atoms with Gasteiger partial charge >= 0.3 is 0 Å². The van der Waals surface area contributed by atoms with Crippen LogP contribution in [-0.2, 0) is 10.2 Å². The average Bonchev–Trinajstić information content (AvgIpc) is 3.03. The summed E-state index contributed by atoms with van der Waals surface area (Å²) < 4.78 is 5.84. The van der Waals surface area contributed by atoms with Crippen molar-refractivity contribution in [3.63, 3.8) is 0 Å². The van der Waals surface area contributed by atoms with E-state index in [1.54, 1.807) is 19.1 Å². The quantitative estimate of drug-likeness (QED) is 0.701. The highest BCUT2D eigenvalue weighted by Crippen LogP contribution is 2.25. The number of amides is 2. The number of para-hydroxylation sites is 1. The molecule has 2 aromatic carbocycles. The van der Waals surface area contributed by atoms with Crippen LogP contribution in [0.15, 0.2) is 48.5 Å². The molecule has 0 aliphatic carbocycles. The molecule has 1 atom stereocenters. The first-order chi connectivity index (χ1) is 14.8. The average molecular weight is 423 g/mol. The second-order valence-corrected chi connectivity index (χ2v) is 9.28. The predicted octanol–water partition coefficient (Wildman–Crippen LogP) is 5.41. The first-order valence-electron chi connectivity index (χ1n) is 11.2. The van der Waals surface area contributed by atoms with E-state index >= 15 is 0 Å². The molecule has 0 aromatic heterocycles. The third-order valence-electron chi connectivity index (χ3n) is 5.71. The van der Waals surface area contributed by atoms with Crippen molar-refractivity contribution in [1.82, 2.24) is 4.90 Å². The smallest absolute Gasteiger partial charge is 0.265 e. The van der Waals surface area contributed by atoms with Crippen molar-refractivity contribution in [3.05, 3.63) is 59.7 Å². The van der Waals surface area contributed by atoms with E-state index in [1.807, 2.05) is 41.3 Å². The molecule has 0 radical (unpaired) electrons. The van der Waals surface area contributed by atoms with Crippen LogP contribution in [0.3, 0.4) is 0 Å². The zero-order chi connectivity index (χ0) is 22.4. The highest BCUT2D eigenvalue weighted by atomic mass is 16.5. The van der Waals surface area contributed by atoms with Crippen molar-refractivity contribution < 1.29 is 14.3 Å². The van der Waals surface area contributed by atoms with Crippen LogP contribution in [-0.4, -0.2) is 35.9 Å². The monoisotopic (exact) mass is 422 g/mol. The number of benzene rings is 2. The molecule has 0 saturated carbocycles. The normalized spacial score (nSPS) is 15.7. The molecular weight excluding hydrogens is 388 g/mol. The number of hydrogen-bond donors (Lipinski definition) is 1. The Hall–Kier alpha value is -2.82. The molecule has 3 rings (SSSR count). The fourth-order valence-electron chi connectivity index (χ4n) is 3.75. The van der Waals surface area contributed by atoms with E-state index in [9.17, 15) is 9.59 Å². The van der Waals surface area contributed by atoms with Gasteiger partial charge in [0.1, 0.15) is 5.75 Å². The van der Waals surface area contributed by atoms with Crippen molar-refractivity contribution in [3.8, 4) is 5.75 Å². The Morgan fingerprint density at radius 1 is 0.935 bits per heavy atom. The second kappa shape index (κ2) is 9.99. The van der Waals surface area contributed by atoms with E-state index in [0.717, 1.165) is 38.8 Å². The van der Waals surface area contributed by atoms with Gasteiger partial charge in [-0.2, -0.15) is 0 Å². The van der Waals surface area contributed by atoms with E-state index in [1.165, 1.54) is 5.56 Å². The number of carbonyl (C=O) groups is 2. The number of nitrogens with zero attached hydrogens (tertiary/aromatic N) is 1. The minimum atomic E-state index is -0.693. The van der Waals surface area contributed by atoms with E-state index in [-0.39, 0.29) is 17.2 Å². The topological polar surface area (TPSA) is 58.6 Å². The van der Waals surface area contributed by atoms with Crippen LogP contribution in [0.1, 0.15) is 69.3 Å². The van der Waals surface area contributed by atoms with Gasteiger partial charge in [0.15, 0.2) is 6.10 Å². The van der Waals surface area contributed by atoms with Crippen molar-refractivity contribution in [2.75, 3.05) is 18.4 Å². The minimum Gasteiger partial charge on any atom is -0.481 e. The van der Waals surface area contributed by atoms with Gasteiger partial charge < -0.3 is 15.0 Å². The SMILES string of the molecule is CC(Oc1ccc(C(C)(C)C)cc1)C(=O)Nc1ccccc1C(=O)N1CCCCCC1. The summed E-state index contributed by atoms with van der Waals surface area (Å²) in [4.78, 5) is 27.8. The molecule has 0 bridgehead atoms. The van der Waals surface area contributed by atoms with Crippen LogP contribution in [0, 0.1) is 0 Å². The van der Waals surface area contributed by atoms with Gasteiger partial charge in [0, 0.05) is 13.1 Å². The summed E-state index contributed by atoms with van der Waals surface area (Å²) in [6.07, 6.45) is 3.68. The van der Waals surface area contributed by atoms with Crippen molar-refractivity contribution in [2.45, 2.75) is 64.9 Å².